The topological polar surface area (TPSA) is 38.3 Å². The first-order valence-electron chi connectivity index (χ1n) is 8.83. The number of ether oxygens (including phenoxy) is 1. The maximum absolute atomic E-state index is 12.8. The Hall–Kier alpha value is -1.75. The molecule has 0 spiro atoms. The normalized spacial score (nSPS) is 12.1. The second-order valence-corrected chi connectivity index (χ2v) is 7.57. The molecule has 0 unspecified atom stereocenters. The highest BCUT2D eigenvalue weighted by atomic mass is 32.1. The molecule has 0 aliphatic rings. The predicted molar refractivity (Wildman–Crippen MR) is 108 cm³/mol. The summed E-state index contributed by atoms with van der Waals surface area (Å²) in [5.74, 6) is 0. The summed E-state index contributed by atoms with van der Waals surface area (Å²) in [6.45, 7) is 5.54. The van der Waals surface area contributed by atoms with Crippen molar-refractivity contribution in [2.24, 2.45) is 0 Å². The lowest BCUT2D eigenvalue weighted by Crippen LogP contribution is -2.46. The third-order valence-corrected chi connectivity index (χ3v) is 6.32. The van der Waals surface area contributed by atoms with Crippen molar-refractivity contribution in [3.8, 4) is 0 Å². The van der Waals surface area contributed by atoms with E-state index < -0.39 is 0 Å². The number of hydrogen-bond donors (Lipinski definition) is 1. The average Bonchev–Trinajstić information content (AvgIpc) is 2.66. The summed E-state index contributed by atoms with van der Waals surface area (Å²) in [5, 5.41) is 4.97. The van der Waals surface area contributed by atoms with Crippen LogP contribution in [0, 0.1) is 0 Å². The zero-order valence-corrected chi connectivity index (χ0v) is 15.9. The van der Waals surface area contributed by atoms with Crippen molar-refractivity contribution in [2.45, 2.75) is 38.8 Å². The molecule has 0 radical (unpaired) electrons. The lowest BCUT2D eigenvalue weighted by molar-refractivity contribution is 0.0564. The standard InChI is InChI=1S/C21H25NO2S/c1-4-21(5-2,22-3)14-24-13-15-10-11-19-17(12-15)20(23)16-8-6-7-9-18(16)25-19/h6-12,22H,4-5,13-14H2,1-3H3. The summed E-state index contributed by atoms with van der Waals surface area (Å²) < 4.78 is 8.04. The molecule has 1 aromatic heterocycles. The van der Waals surface area contributed by atoms with Crippen molar-refractivity contribution in [2.75, 3.05) is 13.7 Å². The van der Waals surface area contributed by atoms with Crippen LogP contribution in [0.15, 0.2) is 47.3 Å². The van der Waals surface area contributed by atoms with Crippen LogP contribution in [-0.4, -0.2) is 19.2 Å². The van der Waals surface area contributed by atoms with E-state index in [1.807, 2.05) is 43.4 Å². The van der Waals surface area contributed by atoms with Crippen LogP contribution in [0.2, 0.25) is 0 Å². The van der Waals surface area contributed by atoms with Crippen molar-refractivity contribution >= 4 is 31.5 Å². The van der Waals surface area contributed by atoms with E-state index in [1.54, 1.807) is 11.3 Å². The molecular weight excluding hydrogens is 330 g/mol. The molecule has 3 nitrogen and oxygen atoms in total. The number of nitrogens with one attached hydrogen (secondary N) is 1. The molecule has 2 aromatic carbocycles. The number of hydrogen-bond acceptors (Lipinski definition) is 4. The van der Waals surface area contributed by atoms with Gasteiger partial charge in [-0.1, -0.05) is 32.0 Å². The number of fused-ring (bicyclic) bond motifs is 2. The maximum atomic E-state index is 12.8. The van der Waals surface area contributed by atoms with Gasteiger partial charge in [-0.15, -0.1) is 11.3 Å². The highest BCUT2D eigenvalue weighted by Crippen LogP contribution is 2.25. The third-order valence-electron chi connectivity index (χ3n) is 5.17. The Morgan fingerprint density at radius 1 is 1.04 bits per heavy atom. The molecule has 0 aliphatic heterocycles. The van der Waals surface area contributed by atoms with Gasteiger partial charge in [0.15, 0.2) is 5.43 Å². The molecule has 3 rings (SSSR count). The van der Waals surface area contributed by atoms with Crippen molar-refractivity contribution in [3.63, 3.8) is 0 Å². The summed E-state index contributed by atoms with van der Waals surface area (Å²) in [4.78, 5) is 12.8. The molecule has 0 bridgehead atoms. The Labute approximate surface area is 152 Å². The smallest absolute Gasteiger partial charge is 0.195 e. The molecule has 4 heteroatoms. The van der Waals surface area contributed by atoms with Gasteiger partial charge in [-0.05, 0) is 49.7 Å². The van der Waals surface area contributed by atoms with E-state index >= 15 is 0 Å². The van der Waals surface area contributed by atoms with E-state index in [-0.39, 0.29) is 11.0 Å². The molecule has 0 amide bonds. The van der Waals surface area contributed by atoms with Crippen LogP contribution in [0.25, 0.3) is 20.2 Å². The fraction of sp³-hybridized carbons (Fsp3) is 0.381. The molecule has 0 atom stereocenters. The van der Waals surface area contributed by atoms with Crippen LogP contribution in [-0.2, 0) is 11.3 Å². The molecule has 25 heavy (non-hydrogen) atoms. The van der Waals surface area contributed by atoms with Crippen LogP contribution in [0.1, 0.15) is 32.3 Å². The zero-order chi connectivity index (χ0) is 17.9. The maximum Gasteiger partial charge on any atom is 0.195 e. The fourth-order valence-electron chi connectivity index (χ4n) is 3.18. The minimum Gasteiger partial charge on any atom is -0.375 e. The van der Waals surface area contributed by atoms with Gasteiger partial charge in [0.25, 0.3) is 0 Å². The van der Waals surface area contributed by atoms with Crippen LogP contribution >= 0.6 is 11.3 Å². The molecule has 1 N–H and O–H groups in total. The molecule has 0 fully saturated rings. The van der Waals surface area contributed by atoms with Gasteiger partial charge >= 0.3 is 0 Å². The van der Waals surface area contributed by atoms with Crippen molar-refractivity contribution in [1.82, 2.24) is 5.32 Å². The molecule has 0 saturated heterocycles. The third kappa shape index (κ3) is 3.61. The van der Waals surface area contributed by atoms with Crippen molar-refractivity contribution < 1.29 is 4.74 Å². The Morgan fingerprint density at radius 3 is 2.48 bits per heavy atom. The molecular formula is C21H25NO2S. The lowest BCUT2D eigenvalue weighted by Gasteiger charge is -2.31. The SMILES string of the molecule is CCC(CC)(COCc1ccc2sc3ccccc3c(=O)c2c1)NC. The van der Waals surface area contributed by atoms with Gasteiger partial charge in [0.2, 0.25) is 0 Å². The first kappa shape index (κ1) is 18.1. The van der Waals surface area contributed by atoms with Gasteiger partial charge in [0.1, 0.15) is 0 Å². The van der Waals surface area contributed by atoms with Crippen LogP contribution in [0.5, 0.6) is 0 Å². The molecule has 132 valence electrons. The summed E-state index contributed by atoms with van der Waals surface area (Å²) in [5.41, 5.74) is 1.18. The first-order chi connectivity index (χ1) is 12.1. The fourth-order valence-corrected chi connectivity index (χ4v) is 4.24. The first-order valence-corrected chi connectivity index (χ1v) is 9.65. The summed E-state index contributed by atoms with van der Waals surface area (Å²) in [6, 6.07) is 13.9. The number of rotatable bonds is 7. The van der Waals surface area contributed by atoms with E-state index in [1.165, 1.54) is 0 Å². The minimum absolute atomic E-state index is 0.0266. The van der Waals surface area contributed by atoms with Crippen molar-refractivity contribution in [3.05, 3.63) is 58.3 Å². The Morgan fingerprint density at radius 2 is 1.76 bits per heavy atom. The van der Waals surface area contributed by atoms with Crippen LogP contribution in [0.4, 0.5) is 0 Å². The predicted octanol–water partition coefficient (Wildman–Crippen LogP) is 4.71. The quantitative estimate of drug-likeness (QED) is 0.624. The molecule has 3 aromatic rings. The average molecular weight is 356 g/mol. The summed E-state index contributed by atoms with van der Waals surface area (Å²) >= 11 is 1.66. The second-order valence-electron chi connectivity index (χ2n) is 6.49. The Balaban J connectivity index is 1.85. The van der Waals surface area contributed by atoms with Gasteiger partial charge in [0.05, 0.1) is 13.2 Å². The van der Waals surface area contributed by atoms with E-state index in [0.717, 1.165) is 38.6 Å². The molecule has 0 aliphatic carbocycles. The monoisotopic (exact) mass is 355 g/mol. The van der Waals surface area contributed by atoms with Gasteiger partial charge in [0, 0.05) is 25.7 Å². The van der Waals surface area contributed by atoms with Gasteiger partial charge in [-0.2, -0.15) is 0 Å². The van der Waals surface area contributed by atoms with Gasteiger partial charge in [-0.25, -0.2) is 0 Å². The molecule has 0 saturated carbocycles. The molecule has 1 heterocycles. The second kappa shape index (κ2) is 7.65. The minimum atomic E-state index is 0.0266. The van der Waals surface area contributed by atoms with E-state index in [0.29, 0.717) is 13.2 Å². The lowest BCUT2D eigenvalue weighted by atomic mass is 9.94. The van der Waals surface area contributed by atoms with Gasteiger partial charge < -0.3 is 10.1 Å². The van der Waals surface area contributed by atoms with E-state index in [9.17, 15) is 4.79 Å². The Kier molecular flexibility index (Phi) is 5.52. The van der Waals surface area contributed by atoms with E-state index in [4.69, 9.17) is 4.74 Å². The number of likely N-dealkylation sites (N-methyl/N-ethyl adjacent to an activating group) is 1. The summed E-state index contributed by atoms with van der Waals surface area (Å²) in [7, 11) is 1.99. The Bertz CT molecular complexity index is 920. The van der Waals surface area contributed by atoms with Crippen LogP contribution in [0.3, 0.4) is 0 Å². The number of benzene rings is 2. The highest BCUT2D eigenvalue weighted by molar-refractivity contribution is 7.24. The van der Waals surface area contributed by atoms with E-state index in [2.05, 4.69) is 25.2 Å². The van der Waals surface area contributed by atoms with Gasteiger partial charge in [-0.3, -0.25) is 4.79 Å². The van der Waals surface area contributed by atoms with Crippen molar-refractivity contribution in [1.29, 1.82) is 0 Å². The highest BCUT2D eigenvalue weighted by Gasteiger charge is 2.23. The van der Waals surface area contributed by atoms with Crippen LogP contribution < -0.4 is 10.7 Å². The summed E-state index contributed by atoms with van der Waals surface area (Å²) in [6.07, 6.45) is 2.05. The largest absolute Gasteiger partial charge is 0.375 e. The zero-order valence-electron chi connectivity index (χ0n) is 15.1.